The molecule has 0 aliphatic carbocycles. The number of amides is 2. The van der Waals surface area contributed by atoms with Crippen molar-refractivity contribution in [2.75, 3.05) is 33.5 Å². The van der Waals surface area contributed by atoms with Gasteiger partial charge in [0.15, 0.2) is 0 Å². The fraction of sp³-hybridized carbons (Fsp3) is 0.211. The summed E-state index contributed by atoms with van der Waals surface area (Å²) >= 11 is 0. The molecule has 0 heterocycles. The van der Waals surface area contributed by atoms with E-state index >= 15 is 0 Å². The minimum Gasteiger partial charge on any atom is -0.346 e. The van der Waals surface area contributed by atoms with Crippen molar-refractivity contribution in [3.05, 3.63) is 59.7 Å². The second-order valence-electron chi connectivity index (χ2n) is 5.93. The lowest BCUT2D eigenvalue weighted by atomic mass is 10.2. The molecule has 0 aliphatic rings. The van der Waals surface area contributed by atoms with E-state index in [0.717, 1.165) is 11.4 Å². The van der Waals surface area contributed by atoms with Crippen molar-refractivity contribution in [3.8, 4) is 0 Å². The van der Waals surface area contributed by atoms with E-state index in [-0.39, 0.29) is 11.8 Å². The van der Waals surface area contributed by atoms with Gasteiger partial charge in [-0.3, -0.25) is 9.59 Å². The first-order chi connectivity index (χ1) is 11.9. The normalized spacial score (nSPS) is 10.6. The zero-order chi connectivity index (χ0) is 18.4. The number of nitrogens with zero attached hydrogens (tertiary/aromatic N) is 3. The second kappa shape index (κ2) is 8.10. The molecule has 2 amide bonds. The van der Waals surface area contributed by atoms with Gasteiger partial charge in [-0.25, -0.2) is 4.99 Å². The molecule has 0 spiro atoms. The average molecular weight is 338 g/mol. The maximum atomic E-state index is 11.8. The van der Waals surface area contributed by atoms with Crippen LogP contribution in [0.2, 0.25) is 0 Å². The van der Waals surface area contributed by atoms with Gasteiger partial charge in [-0.2, -0.15) is 0 Å². The van der Waals surface area contributed by atoms with E-state index in [1.807, 2.05) is 12.1 Å². The van der Waals surface area contributed by atoms with Gasteiger partial charge < -0.3 is 15.1 Å². The maximum absolute atomic E-state index is 11.8. The molecule has 0 bridgehead atoms. The molecule has 0 unspecified atom stereocenters. The van der Waals surface area contributed by atoms with Crippen LogP contribution in [0, 0.1) is 0 Å². The Bertz CT molecular complexity index is 763. The Morgan fingerprint density at radius 3 is 1.68 bits per heavy atom. The van der Waals surface area contributed by atoms with Crippen LogP contribution in [-0.2, 0) is 0 Å². The summed E-state index contributed by atoms with van der Waals surface area (Å²) in [5, 5.41) is 3.05. The van der Waals surface area contributed by atoms with Crippen LogP contribution in [0.4, 0.5) is 11.4 Å². The zero-order valence-electron chi connectivity index (χ0n) is 14.9. The van der Waals surface area contributed by atoms with Crippen LogP contribution >= 0.6 is 0 Å². The van der Waals surface area contributed by atoms with Crippen LogP contribution in [0.25, 0.3) is 0 Å². The van der Waals surface area contributed by atoms with Gasteiger partial charge in [-0.1, -0.05) is 0 Å². The monoisotopic (exact) mass is 338 g/mol. The van der Waals surface area contributed by atoms with E-state index < -0.39 is 0 Å². The molecule has 0 aromatic heterocycles. The molecule has 0 fully saturated rings. The molecule has 130 valence electrons. The fourth-order valence-electron chi connectivity index (χ4n) is 2.10. The molecule has 0 saturated carbocycles. The van der Waals surface area contributed by atoms with Crippen LogP contribution < -0.4 is 5.32 Å². The lowest BCUT2D eigenvalue weighted by molar-refractivity contribution is 0.0820. The van der Waals surface area contributed by atoms with Gasteiger partial charge in [0.1, 0.15) is 0 Å². The van der Waals surface area contributed by atoms with Gasteiger partial charge in [0.25, 0.3) is 11.8 Å². The number of aliphatic imine (C=N–C) groups is 1. The van der Waals surface area contributed by atoms with Crippen molar-refractivity contribution in [1.82, 2.24) is 9.80 Å². The van der Waals surface area contributed by atoms with Gasteiger partial charge in [0.2, 0.25) is 0 Å². The van der Waals surface area contributed by atoms with Crippen molar-refractivity contribution in [3.63, 3.8) is 0 Å². The Morgan fingerprint density at radius 1 is 0.800 bits per heavy atom. The molecular weight excluding hydrogens is 316 g/mol. The maximum Gasteiger partial charge on any atom is 0.253 e. The minimum absolute atomic E-state index is 0.0346. The SMILES string of the molecule is CN(C)C(=O)c1ccc(N=CNc2ccc(C(=O)N(C)C)cc2)cc1. The van der Waals surface area contributed by atoms with Crippen LogP contribution in [0.5, 0.6) is 0 Å². The Balaban J connectivity index is 1.97. The van der Waals surface area contributed by atoms with E-state index in [4.69, 9.17) is 0 Å². The zero-order valence-corrected chi connectivity index (χ0v) is 14.9. The Kier molecular flexibility index (Phi) is 5.89. The van der Waals surface area contributed by atoms with Crippen LogP contribution in [0.15, 0.2) is 53.5 Å². The van der Waals surface area contributed by atoms with Crippen LogP contribution in [0.3, 0.4) is 0 Å². The third-order valence-electron chi connectivity index (χ3n) is 3.50. The van der Waals surface area contributed by atoms with Gasteiger partial charge in [0.05, 0.1) is 12.0 Å². The first-order valence-electron chi connectivity index (χ1n) is 7.81. The molecule has 0 saturated heterocycles. The summed E-state index contributed by atoms with van der Waals surface area (Å²) in [5.41, 5.74) is 2.83. The van der Waals surface area contributed by atoms with E-state index in [2.05, 4.69) is 10.3 Å². The molecule has 2 rings (SSSR count). The number of hydrogen-bond acceptors (Lipinski definition) is 3. The second-order valence-corrected chi connectivity index (χ2v) is 5.93. The number of rotatable bonds is 5. The van der Waals surface area contributed by atoms with Gasteiger partial charge >= 0.3 is 0 Å². The number of benzene rings is 2. The van der Waals surface area contributed by atoms with Gasteiger partial charge in [0, 0.05) is 45.0 Å². The Labute approximate surface area is 147 Å². The Hall–Kier alpha value is -3.15. The number of anilines is 1. The minimum atomic E-state index is -0.0407. The smallest absolute Gasteiger partial charge is 0.253 e. The highest BCUT2D eigenvalue weighted by Crippen LogP contribution is 2.14. The molecule has 25 heavy (non-hydrogen) atoms. The molecular formula is C19H22N4O2. The third kappa shape index (κ3) is 4.91. The standard InChI is InChI=1S/C19H22N4O2/c1-22(2)18(24)14-5-9-16(10-6-14)20-13-21-17-11-7-15(8-12-17)19(25)23(3)4/h5-13H,1-4H3,(H,20,21). The average Bonchev–Trinajstić information content (AvgIpc) is 2.61. The van der Waals surface area contributed by atoms with Crippen molar-refractivity contribution < 1.29 is 9.59 Å². The van der Waals surface area contributed by atoms with E-state index in [9.17, 15) is 9.59 Å². The highest BCUT2D eigenvalue weighted by Gasteiger charge is 2.07. The van der Waals surface area contributed by atoms with Crippen molar-refractivity contribution in [2.24, 2.45) is 4.99 Å². The van der Waals surface area contributed by atoms with Crippen molar-refractivity contribution in [1.29, 1.82) is 0 Å². The number of carbonyl (C=O) groups is 2. The third-order valence-corrected chi connectivity index (χ3v) is 3.50. The summed E-state index contributed by atoms with van der Waals surface area (Å²) in [6, 6.07) is 14.2. The van der Waals surface area contributed by atoms with E-state index in [1.165, 1.54) is 9.80 Å². The molecule has 6 nitrogen and oxygen atoms in total. The molecule has 2 aromatic carbocycles. The lowest BCUT2D eigenvalue weighted by Gasteiger charge is -2.10. The lowest BCUT2D eigenvalue weighted by Crippen LogP contribution is -2.21. The summed E-state index contributed by atoms with van der Waals surface area (Å²) in [7, 11) is 6.88. The Morgan fingerprint density at radius 2 is 1.24 bits per heavy atom. The quantitative estimate of drug-likeness (QED) is 0.673. The van der Waals surface area contributed by atoms with Crippen molar-refractivity contribution in [2.45, 2.75) is 0 Å². The van der Waals surface area contributed by atoms with Crippen LogP contribution in [-0.4, -0.2) is 56.1 Å². The summed E-state index contributed by atoms with van der Waals surface area (Å²) < 4.78 is 0. The summed E-state index contributed by atoms with van der Waals surface area (Å²) in [4.78, 5) is 31.0. The molecule has 6 heteroatoms. The predicted molar refractivity (Wildman–Crippen MR) is 101 cm³/mol. The number of hydrogen-bond donors (Lipinski definition) is 1. The van der Waals surface area contributed by atoms with Crippen molar-refractivity contribution >= 4 is 29.5 Å². The molecule has 0 aliphatic heterocycles. The first-order valence-corrected chi connectivity index (χ1v) is 7.81. The number of carbonyl (C=O) groups excluding carboxylic acids is 2. The van der Waals surface area contributed by atoms with E-state index in [1.54, 1.807) is 70.9 Å². The van der Waals surface area contributed by atoms with Gasteiger partial charge in [-0.15, -0.1) is 0 Å². The highest BCUT2D eigenvalue weighted by molar-refractivity contribution is 5.95. The molecule has 0 radical (unpaired) electrons. The number of nitrogens with one attached hydrogen (secondary N) is 1. The summed E-state index contributed by atoms with van der Waals surface area (Å²) in [5.74, 6) is -0.0754. The fourth-order valence-corrected chi connectivity index (χ4v) is 2.10. The summed E-state index contributed by atoms with van der Waals surface area (Å²) in [6.07, 6.45) is 1.57. The molecule has 1 N–H and O–H groups in total. The molecule has 2 aromatic rings. The van der Waals surface area contributed by atoms with Crippen LogP contribution in [0.1, 0.15) is 20.7 Å². The van der Waals surface area contributed by atoms with Gasteiger partial charge in [-0.05, 0) is 48.5 Å². The first kappa shape index (κ1) is 18.2. The topological polar surface area (TPSA) is 65.0 Å². The highest BCUT2D eigenvalue weighted by atomic mass is 16.2. The molecule has 0 atom stereocenters. The van der Waals surface area contributed by atoms with E-state index in [0.29, 0.717) is 11.1 Å². The largest absolute Gasteiger partial charge is 0.346 e. The predicted octanol–water partition coefficient (Wildman–Crippen LogP) is 2.86. The summed E-state index contributed by atoms with van der Waals surface area (Å²) in [6.45, 7) is 0.